The van der Waals surface area contributed by atoms with Crippen LogP contribution in [-0.2, 0) is 0 Å². The van der Waals surface area contributed by atoms with Gasteiger partial charge in [-0.1, -0.05) is 68.7 Å². The molecule has 0 amide bonds. The Kier molecular flexibility index (Phi) is 71.8. The van der Waals surface area contributed by atoms with Crippen molar-refractivity contribution in [2.45, 2.75) is 74.8 Å². The molecular weight excluding hydrogens is 158 g/mol. The molecule has 86 valence electrons. The molecule has 0 aromatic heterocycles. The lowest BCUT2D eigenvalue weighted by Crippen LogP contribution is -2.21. The minimum absolute atomic E-state index is 0.648. The maximum absolute atomic E-state index is 3.21. The summed E-state index contributed by atoms with van der Waals surface area (Å²) in [5, 5.41) is 3.21. The third-order valence-electron chi connectivity index (χ3n) is 0.612. The Morgan fingerprint density at radius 2 is 1.08 bits per heavy atom. The van der Waals surface area contributed by atoms with Crippen LogP contribution in [0.25, 0.3) is 0 Å². The summed E-state index contributed by atoms with van der Waals surface area (Å²) in [6.45, 7) is 19.7. The largest absolute Gasteiger partial charge is 0.315 e. The van der Waals surface area contributed by atoms with Crippen molar-refractivity contribution in [3.05, 3.63) is 0 Å². The van der Waals surface area contributed by atoms with Crippen molar-refractivity contribution < 1.29 is 0 Å². The standard InChI is InChI=1S/C5H13N.C3H8.2C2H6/c1-4-6-5(2)3;1-3-2;2*1-2/h5-6H,4H2,1-3H3;3H2,1-2H3;2*1-2H3. The molecule has 0 bridgehead atoms. The molecule has 0 rings (SSSR count). The lowest BCUT2D eigenvalue weighted by Gasteiger charge is -2.00. The van der Waals surface area contributed by atoms with Gasteiger partial charge in [-0.2, -0.15) is 0 Å². The highest BCUT2D eigenvalue weighted by Gasteiger charge is 1.82. The molecule has 0 spiro atoms. The van der Waals surface area contributed by atoms with Gasteiger partial charge in [-0.05, 0) is 6.54 Å². The molecule has 0 aromatic rings. The Hall–Kier alpha value is -0.0400. The lowest BCUT2D eigenvalue weighted by molar-refractivity contribution is 0.613. The van der Waals surface area contributed by atoms with Gasteiger partial charge in [0.05, 0.1) is 0 Å². The van der Waals surface area contributed by atoms with Gasteiger partial charge < -0.3 is 5.32 Å². The van der Waals surface area contributed by atoms with Gasteiger partial charge >= 0.3 is 0 Å². The highest BCUT2D eigenvalue weighted by Crippen LogP contribution is 1.70. The second-order valence-electron chi connectivity index (χ2n) is 2.42. The molecule has 0 unspecified atom stereocenters. The molecule has 13 heavy (non-hydrogen) atoms. The first kappa shape index (κ1) is 23.1. The minimum Gasteiger partial charge on any atom is -0.315 e. The van der Waals surface area contributed by atoms with Crippen LogP contribution in [0, 0.1) is 0 Å². The van der Waals surface area contributed by atoms with Crippen LogP contribution in [0.5, 0.6) is 0 Å². The fourth-order valence-corrected chi connectivity index (χ4v) is 0.408. The molecule has 0 aliphatic carbocycles. The van der Waals surface area contributed by atoms with Crippen LogP contribution in [0.4, 0.5) is 0 Å². The average molecular weight is 191 g/mol. The molecule has 0 radical (unpaired) electrons. The maximum atomic E-state index is 3.21. The summed E-state index contributed by atoms with van der Waals surface area (Å²) >= 11 is 0. The van der Waals surface area contributed by atoms with Crippen molar-refractivity contribution in [3.8, 4) is 0 Å². The van der Waals surface area contributed by atoms with E-state index in [0.717, 1.165) is 6.54 Å². The van der Waals surface area contributed by atoms with Crippen molar-refractivity contribution in [1.82, 2.24) is 5.32 Å². The summed E-state index contributed by atoms with van der Waals surface area (Å²) in [7, 11) is 0. The highest BCUT2D eigenvalue weighted by molar-refractivity contribution is 4.46. The van der Waals surface area contributed by atoms with E-state index < -0.39 is 0 Å². The van der Waals surface area contributed by atoms with Crippen LogP contribution >= 0.6 is 0 Å². The van der Waals surface area contributed by atoms with E-state index in [1.54, 1.807) is 0 Å². The zero-order valence-corrected chi connectivity index (χ0v) is 11.5. The number of hydrogen-bond acceptors (Lipinski definition) is 1. The van der Waals surface area contributed by atoms with Gasteiger partial charge in [-0.15, -0.1) is 0 Å². The number of nitrogens with one attached hydrogen (secondary N) is 1. The number of rotatable bonds is 2. The smallest absolute Gasteiger partial charge is 0.00102 e. The molecule has 0 aromatic carbocycles. The normalized spacial score (nSPS) is 6.92. The van der Waals surface area contributed by atoms with Crippen molar-refractivity contribution >= 4 is 0 Å². The molecule has 0 aliphatic heterocycles. The van der Waals surface area contributed by atoms with Crippen LogP contribution < -0.4 is 5.32 Å². The lowest BCUT2D eigenvalue weighted by atomic mass is 10.4. The van der Waals surface area contributed by atoms with Gasteiger partial charge in [-0.3, -0.25) is 0 Å². The molecule has 0 atom stereocenters. The van der Waals surface area contributed by atoms with E-state index >= 15 is 0 Å². The monoisotopic (exact) mass is 191 g/mol. The van der Waals surface area contributed by atoms with Crippen LogP contribution in [0.2, 0.25) is 0 Å². The molecule has 0 saturated heterocycles. The van der Waals surface area contributed by atoms with E-state index in [1.165, 1.54) is 6.42 Å². The Morgan fingerprint density at radius 3 is 1.08 bits per heavy atom. The van der Waals surface area contributed by atoms with Gasteiger partial charge in [0.2, 0.25) is 0 Å². The van der Waals surface area contributed by atoms with Gasteiger partial charge in [0.1, 0.15) is 0 Å². The van der Waals surface area contributed by atoms with Crippen LogP contribution in [-0.4, -0.2) is 12.6 Å². The van der Waals surface area contributed by atoms with E-state index in [1.807, 2.05) is 27.7 Å². The van der Waals surface area contributed by atoms with E-state index in [-0.39, 0.29) is 0 Å². The first-order valence-electron chi connectivity index (χ1n) is 5.92. The fourth-order valence-electron chi connectivity index (χ4n) is 0.408. The van der Waals surface area contributed by atoms with E-state index in [0.29, 0.717) is 6.04 Å². The van der Waals surface area contributed by atoms with Gasteiger partial charge in [0.25, 0.3) is 0 Å². The van der Waals surface area contributed by atoms with Crippen molar-refractivity contribution in [2.75, 3.05) is 6.54 Å². The molecular formula is C12H33N. The summed E-state index contributed by atoms with van der Waals surface area (Å²) in [4.78, 5) is 0. The Bertz CT molecular complexity index is 34.1. The van der Waals surface area contributed by atoms with Crippen molar-refractivity contribution in [3.63, 3.8) is 0 Å². The zero-order valence-electron chi connectivity index (χ0n) is 11.5. The molecule has 1 N–H and O–H groups in total. The SMILES string of the molecule is CC.CC.CCC.CCNC(C)C. The summed E-state index contributed by atoms with van der Waals surface area (Å²) in [6, 6.07) is 0.648. The van der Waals surface area contributed by atoms with Crippen LogP contribution in [0.1, 0.15) is 68.7 Å². The highest BCUT2D eigenvalue weighted by atomic mass is 14.9. The van der Waals surface area contributed by atoms with Crippen LogP contribution in [0.3, 0.4) is 0 Å². The molecule has 0 heterocycles. The molecule has 1 heteroatoms. The first-order valence-corrected chi connectivity index (χ1v) is 5.92. The van der Waals surface area contributed by atoms with Crippen molar-refractivity contribution in [1.29, 1.82) is 0 Å². The summed E-state index contributed by atoms with van der Waals surface area (Å²) in [5.74, 6) is 0. The summed E-state index contributed by atoms with van der Waals surface area (Å²) in [5.41, 5.74) is 0. The second kappa shape index (κ2) is 40.4. The Balaban J connectivity index is -0.0000000493. The Morgan fingerprint density at radius 1 is 0.846 bits per heavy atom. The fraction of sp³-hybridized carbons (Fsp3) is 1.00. The predicted molar refractivity (Wildman–Crippen MR) is 67.5 cm³/mol. The minimum atomic E-state index is 0.648. The first-order chi connectivity index (χ1) is 6.18. The van der Waals surface area contributed by atoms with Crippen molar-refractivity contribution in [2.24, 2.45) is 0 Å². The third-order valence-corrected chi connectivity index (χ3v) is 0.612. The quantitative estimate of drug-likeness (QED) is 0.679. The predicted octanol–water partition coefficient (Wildman–Crippen LogP) is 4.47. The van der Waals surface area contributed by atoms with Crippen LogP contribution in [0.15, 0.2) is 0 Å². The van der Waals surface area contributed by atoms with E-state index in [4.69, 9.17) is 0 Å². The molecule has 1 nitrogen and oxygen atoms in total. The van der Waals surface area contributed by atoms with Gasteiger partial charge in [-0.25, -0.2) is 0 Å². The second-order valence-corrected chi connectivity index (χ2v) is 2.42. The topological polar surface area (TPSA) is 12.0 Å². The molecule has 0 saturated carbocycles. The molecule has 0 fully saturated rings. The van der Waals surface area contributed by atoms with E-state index in [9.17, 15) is 0 Å². The summed E-state index contributed by atoms with van der Waals surface area (Å²) < 4.78 is 0. The van der Waals surface area contributed by atoms with Gasteiger partial charge in [0, 0.05) is 6.04 Å². The zero-order chi connectivity index (χ0) is 11.7. The third kappa shape index (κ3) is 135. The summed E-state index contributed by atoms with van der Waals surface area (Å²) in [6.07, 6.45) is 1.25. The molecule has 0 aliphatic rings. The number of hydrogen-bond donors (Lipinski definition) is 1. The maximum Gasteiger partial charge on any atom is 0.00102 e. The Labute approximate surface area is 87.3 Å². The van der Waals surface area contributed by atoms with Gasteiger partial charge in [0.15, 0.2) is 0 Å². The average Bonchev–Trinajstić information content (AvgIpc) is 2.12. The van der Waals surface area contributed by atoms with E-state index in [2.05, 4.69) is 39.9 Å².